The van der Waals surface area contributed by atoms with Crippen LogP contribution in [0.1, 0.15) is 36.1 Å². The Morgan fingerprint density at radius 2 is 2.00 bits per heavy atom. The quantitative estimate of drug-likeness (QED) is 0.877. The van der Waals surface area contributed by atoms with Gasteiger partial charge in [0.25, 0.3) is 0 Å². The van der Waals surface area contributed by atoms with Crippen LogP contribution in [0.15, 0.2) is 24.3 Å². The molecule has 18 heavy (non-hydrogen) atoms. The van der Waals surface area contributed by atoms with Crippen LogP contribution < -0.4 is 0 Å². The first-order chi connectivity index (χ1) is 8.74. The molecule has 0 atom stereocenters. The summed E-state index contributed by atoms with van der Waals surface area (Å²) in [5, 5.41) is 17.5. The van der Waals surface area contributed by atoms with Crippen molar-refractivity contribution in [1.29, 1.82) is 0 Å². The smallest absolute Gasteiger partial charge is 0.158 e. The van der Waals surface area contributed by atoms with Gasteiger partial charge in [-0.1, -0.05) is 36.8 Å². The molecule has 1 aromatic heterocycles. The molecule has 4 heteroatoms. The molecule has 1 N–H and O–H groups in total. The fourth-order valence-corrected chi connectivity index (χ4v) is 2.11. The van der Waals surface area contributed by atoms with Gasteiger partial charge in [0.15, 0.2) is 5.82 Å². The molecule has 0 radical (unpaired) electrons. The monoisotopic (exact) mass is 245 g/mol. The average molecular weight is 245 g/mol. The molecular weight excluding hydrogens is 226 g/mol. The standard InChI is InChI=1S/C14H19N3O/c1-3-7-17-13(15-16-14(17)10-18)9-12-6-4-5-11(2)8-12/h4-6,8,18H,3,7,9-10H2,1-2H3. The third kappa shape index (κ3) is 2.76. The summed E-state index contributed by atoms with van der Waals surface area (Å²) in [6, 6.07) is 8.39. The van der Waals surface area contributed by atoms with Crippen molar-refractivity contribution >= 4 is 0 Å². The number of aliphatic hydroxyl groups excluding tert-OH is 1. The molecule has 96 valence electrons. The van der Waals surface area contributed by atoms with Crippen molar-refractivity contribution in [3.63, 3.8) is 0 Å². The third-order valence-electron chi connectivity index (χ3n) is 2.94. The Balaban J connectivity index is 2.25. The molecule has 1 heterocycles. The highest BCUT2D eigenvalue weighted by molar-refractivity contribution is 5.25. The molecule has 0 aliphatic heterocycles. The Kier molecular flexibility index (Phi) is 4.10. The van der Waals surface area contributed by atoms with E-state index < -0.39 is 0 Å². The number of rotatable bonds is 5. The molecule has 0 saturated carbocycles. The molecule has 0 aliphatic carbocycles. The molecule has 1 aromatic carbocycles. The van der Waals surface area contributed by atoms with E-state index in [1.165, 1.54) is 11.1 Å². The highest BCUT2D eigenvalue weighted by Crippen LogP contribution is 2.12. The second-order valence-electron chi connectivity index (χ2n) is 4.51. The van der Waals surface area contributed by atoms with Gasteiger partial charge in [0.1, 0.15) is 12.4 Å². The molecule has 0 bridgehead atoms. The molecule has 0 saturated heterocycles. The second-order valence-corrected chi connectivity index (χ2v) is 4.51. The van der Waals surface area contributed by atoms with Crippen LogP contribution in [0, 0.1) is 6.92 Å². The Labute approximate surface area is 107 Å². The molecule has 2 rings (SSSR count). The minimum Gasteiger partial charge on any atom is -0.388 e. The SMILES string of the molecule is CCCn1c(CO)nnc1Cc1cccc(C)c1. The normalized spacial score (nSPS) is 10.8. The van der Waals surface area contributed by atoms with Crippen molar-refractivity contribution in [1.82, 2.24) is 14.8 Å². The molecule has 0 amide bonds. The number of aliphatic hydroxyl groups is 1. The van der Waals surface area contributed by atoms with Crippen molar-refractivity contribution in [2.45, 2.75) is 39.8 Å². The lowest BCUT2D eigenvalue weighted by atomic mass is 10.1. The van der Waals surface area contributed by atoms with Crippen molar-refractivity contribution in [3.8, 4) is 0 Å². The van der Waals surface area contributed by atoms with E-state index in [1.807, 2.05) is 4.57 Å². The van der Waals surface area contributed by atoms with Crippen LogP contribution in [0.2, 0.25) is 0 Å². The number of hydrogen-bond donors (Lipinski definition) is 1. The summed E-state index contributed by atoms with van der Waals surface area (Å²) in [7, 11) is 0. The highest BCUT2D eigenvalue weighted by Gasteiger charge is 2.10. The largest absolute Gasteiger partial charge is 0.388 e. The van der Waals surface area contributed by atoms with E-state index in [2.05, 4.69) is 48.3 Å². The third-order valence-corrected chi connectivity index (χ3v) is 2.94. The van der Waals surface area contributed by atoms with Gasteiger partial charge in [0.2, 0.25) is 0 Å². The van der Waals surface area contributed by atoms with Gasteiger partial charge >= 0.3 is 0 Å². The zero-order chi connectivity index (χ0) is 13.0. The van der Waals surface area contributed by atoms with E-state index in [0.29, 0.717) is 5.82 Å². The van der Waals surface area contributed by atoms with Crippen LogP contribution in [-0.4, -0.2) is 19.9 Å². The predicted molar refractivity (Wildman–Crippen MR) is 70.2 cm³/mol. The molecule has 0 aliphatic rings. The van der Waals surface area contributed by atoms with E-state index in [9.17, 15) is 5.11 Å². The summed E-state index contributed by atoms with van der Waals surface area (Å²) < 4.78 is 2.02. The molecule has 0 fully saturated rings. The lowest BCUT2D eigenvalue weighted by Gasteiger charge is -2.08. The van der Waals surface area contributed by atoms with Crippen molar-refractivity contribution in [2.24, 2.45) is 0 Å². The zero-order valence-electron chi connectivity index (χ0n) is 10.9. The summed E-state index contributed by atoms with van der Waals surface area (Å²) >= 11 is 0. The number of aryl methyl sites for hydroxylation is 1. The van der Waals surface area contributed by atoms with Gasteiger partial charge in [0.05, 0.1) is 0 Å². The highest BCUT2D eigenvalue weighted by atomic mass is 16.3. The van der Waals surface area contributed by atoms with Gasteiger partial charge in [0, 0.05) is 13.0 Å². The second kappa shape index (κ2) is 5.78. The van der Waals surface area contributed by atoms with E-state index in [0.717, 1.165) is 25.2 Å². The zero-order valence-corrected chi connectivity index (χ0v) is 10.9. The van der Waals surface area contributed by atoms with Crippen molar-refractivity contribution in [3.05, 3.63) is 47.0 Å². The van der Waals surface area contributed by atoms with Gasteiger partial charge in [-0.05, 0) is 18.9 Å². The van der Waals surface area contributed by atoms with Crippen molar-refractivity contribution < 1.29 is 5.11 Å². The van der Waals surface area contributed by atoms with E-state index >= 15 is 0 Å². The predicted octanol–water partition coefficient (Wildman–Crippen LogP) is 2.08. The summed E-state index contributed by atoms with van der Waals surface area (Å²) in [5.74, 6) is 1.58. The molecule has 4 nitrogen and oxygen atoms in total. The molecule has 2 aromatic rings. The van der Waals surface area contributed by atoms with Crippen LogP contribution in [0.4, 0.5) is 0 Å². The minimum absolute atomic E-state index is 0.0547. The van der Waals surface area contributed by atoms with Gasteiger partial charge in [-0.15, -0.1) is 10.2 Å². The number of benzene rings is 1. The van der Waals surface area contributed by atoms with Gasteiger partial charge in [-0.2, -0.15) is 0 Å². The van der Waals surface area contributed by atoms with Gasteiger partial charge in [-0.25, -0.2) is 0 Å². The van der Waals surface area contributed by atoms with E-state index in [-0.39, 0.29) is 6.61 Å². The van der Waals surface area contributed by atoms with Crippen LogP contribution in [0.3, 0.4) is 0 Å². The fourth-order valence-electron chi connectivity index (χ4n) is 2.11. The van der Waals surface area contributed by atoms with Gasteiger partial charge < -0.3 is 9.67 Å². The molecular formula is C14H19N3O. The maximum absolute atomic E-state index is 9.25. The summed E-state index contributed by atoms with van der Waals surface area (Å²) in [4.78, 5) is 0. The Hall–Kier alpha value is -1.68. The number of nitrogens with zero attached hydrogens (tertiary/aromatic N) is 3. The van der Waals surface area contributed by atoms with Crippen molar-refractivity contribution in [2.75, 3.05) is 0 Å². The lowest BCUT2D eigenvalue weighted by Crippen LogP contribution is -2.08. The Morgan fingerprint density at radius 3 is 2.67 bits per heavy atom. The molecule has 0 unspecified atom stereocenters. The topological polar surface area (TPSA) is 50.9 Å². The van der Waals surface area contributed by atoms with Crippen LogP contribution >= 0.6 is 0 Å². The van der Waals surface area contributed by atoms with Crippen LogP contribution in [0.5, 0.6) is 0 Å². The Bertz CT molecular complexity index is 520. The van der Waals surface area contributed by atoms with E-state index in [1.54, 1.807) is 0 Å². The Morgan fingerprint density at radius 1 is 1.22 bits per heavy atom. The maximum Gasteiger partial charge on any atom is 0.158 e. The van der Waals surface area contributed by atoms with Crippen LogP contribution in [-0.2, 0) is 19.6 Å². The fraction of sp³-hybridized carbons (Fsp3) is 0.429. The first kappa shape index (κ1) is 12.8. The first-order valence-electron chi connectivity index (χ1n) is 6.32. The summed E-state index contributed by atoms with van der Waals surface area (Å²) in [6.45, 7) is 4.99. The molecule has 0 spiro atoms. The summed E-state index contributed by atoms with van der Waals surface area (Å²) in [5.41, 5.74) is 2.47. The summed E-state index contributed by atoms with van der Waals surface area (Å²) in [6.07, 6.45) is 1.76. The minimum atomic E-state index is -0.0547. The van der Waals surface area contributed by atoms with Crippen LogP contribution in [0.25, 0.3) is 0 Å². The first-order valence-corrected chi connectivity index (χ1v) is 6.32. The number of aromatic nitrogens is 3. The maximum atomic E-state index is 9.25. The van der Waals surface area contributed by atoms with Gasteiger partial charge in [-0.3, -0.25) is 0 Å². The lowest BCUT2D eigenvalue weighted by molar-refractivity contribution is 0.264. The average Bonchev–Trinajstić information content (AvgIpc) is 2.72. The number of hydrogen-bond acceptors (Lipinski definition) is 3. The van der Waals surface area contributed by atoms with E-state index in [4.69, 9.17) is 0 Å².